The van der Waals surface area contributed by atoms with Gasteiger partial charge in [-0.2, -0.15) is 0 Å². The minimum atomic E-state index is -2.00. The van der Waals surface area contributed by atoms with Crippen molar-refractivity contribution in [2.45, 2.75) is 87.3 Å². The molecule has 2 saturated heterocycles. The lowest BCUT2D eigenvalue weighted by Crippen LogP contribution is -2.77. The van der Waals surface area contributed by atoms with Crippen LogP contribution in [0.15, 0.2) is 0 Å². The van der Waals surface area contributed by atoms with Crippen LogP contribution >= 0.6 is 0 Å². The molecule has 8 nitrogen and oxygen atoms in total. The number of hydrogen-bond donors (Lipinski definition) is 5. The summed E-state index contributed by atoms with van der Waals surface area (Å²) in [5.41, 5.74) is 4.61. The van der Waals surface area contributed by atoms with Gasteiger partial charge in [0.25, 0.3) is 0 Å². The van der Waals surface area contributed by atoms with Gasteiger partial charge in [-0.15, -0.1) is 0 Å². The maximum absolute atomic E-state index is 11.0. The molecule has 23 heavy (non-hydrogen) atoms. The molecular formula is C15H28N2O6. The fraction of sp³-hybridized carbons (Fsp3) is 1.00. The minimum absolute atomic E-state index is 0.230. The van der Waals surface area contributed by atoms with Gasteiger partial charge in [0.1, 0.15) is 11.7 Å². The van der Waals surface area contributed by atoms with Gasteiger partial charge >= 0.3 is 0 Å². The van der Waals surface area contributed by atoms with E-state index >= 15 is 0 Å². The molecule has 2 heterocycles. The average molecular weight is 332 g/mol. The number of hydrogen-bond acceptors (Lipinski definition) is 8. The van der Waals surface area contributed by atoms with Gasteiger partial charge in [-0.25, -0.2) is 0 Å². The van der Waals surface area contributed by atoms with Gasteiger partial charge in [0.15, 0.2) is 0 Å². The van der Waals surface area contributed by atoms with Crippen molar-refractivity contribution in [3.63, 3.8) is 0 Å². The highest BCUT2D eigenvalue weighted by molar-refractivity contribution is 5.08. The number of rotatable bonds is 2. The van der Waals surface area contributed by atoms with E-state index in [0.29, 0.717) is 6.42 Å². The second-order valence-corrected chi connectivity index (χ2v) is 7.02. The summed E-state index contributed by atoms with van der Waals surface area (Å²) in [5.74, 6) is -2.00. The zero-order valence-corrected chi connectivity index (χ0v) is 13.8. The Labute approximate surface area is 135 Å². The normalized spacial score (nSPS) is 56.7. The Morgan fingerprint density at radius 3 is 2.61 bits per heavy atom. The third kappa shape index (κ3) is 2.52. The van der Waals surface area contributed by atoms with Crippen molar-refractivity contribution >= 4 is 0 Å². The standard InChI is InChI=1S/C15H28N2O6/c1-4-14(19)6-7(2)21-13-15(14,20)23-12-9(22-13)5-8(17-3)11(18)10(12)16/h7-13,17-20H,4-6,16H2,1-3H3/t7-,8+,9?,10+,11+,12+,13+,14+,15-/m1/s1. The molecule has 134 valence electrons. The smallest absolute Gasteiger partial charge is 0.248 e. The van der Waals surface area contributed by atoms with E-state index < -0.39 is 42.0 Å². The lowest BCUT2D eigenvalue weighted by Gasteiger charge is -2.59. The maximum Gasteiger partial charge on any atom is 0.248 e. The average Bonchev–Trinajstić information content (AvgIpc) is 2.51. The Morgan fingerprint density at radius 2 is 2.00 bits per heavy atom. The number of likely N-dealkylation sites (N-methyl/N-ethyl adjacent to an activating group) is 1. The fourth-order valence-electron chi connectivity index (χ4n) is 4.06. The molecule has 0 bridgehead atoms. The van der Waals surface area contributed by atoms with Crippen molar-refractivity contribution in [3.8, 4) is 0 Å². The molecule has 0 aromatic rings. The van der Waals surface area contributed by atoms with Gasteiger partial charge < -0.3 is 40.6 Å². The van der Waals surface area contributed by atoms with E-state index in [1.807, 2.05) is 6.92 Å². The van der Waals surface area contributed by atoms with E-state index in [9.17, 15) is 15.3 Å². The maximum atomic E-state index is 11.0. The van der Waals surface area contributed by atoms with Crippen LogP contribution in [0.3, 0.4) is 0 Å². The molecule has 1 aliphatic carbocycles. The first-order valence-electron chi connectivity index (χ1n) is 8.30. The first-order valence-corrected chi connectivity index (χ1v) is 8.30. The molecule has 0 aromatic heterocycles. The van der Waals surface area contributed by atoms with Gasteiger partial charge in [0, 0.05) is 12.5 Å². The Bertz CT molecular complexity index is 454. The van der Waals surface area contributed by atoms with Gasteiger partial charge in [0.2, 0.25) is 12.1 Å². The monoisotopic (exact) mass is 332 g/mol. The zero-order valence-electron chi connectivity index (χ0n) is 13.8. The largest absolute Gasteiger partial charge is 0.390 e. The number of ether oxygens (including phenoxy) is 3. The van der Waals surface area contributed by atoms with Crippen molar-refractivity contribution in [2.24, 2.45) is 5.73 Å². The summed E-state index contributed by atoms with van der Waals surface area (Å²) in [7, 11) is 1.75. The van der Waals surface area contributed by atoms with E-state index in [1.54, 1.807) is 14.0 Å². The predicted octanol–water partition coefficient (Wildman–Crippen LogP) is -1.59. The number of aliphatic hydroxyl groups excluding tert-OH is 1. The third-order valence-corrected chi connectivity index (χ3v) is 5.58. The molecule has 1 unspecified atom stereocenters. The molecule has 0 radical (unpaired) electrons. The van der Waals surface area contributed by atoms with Gasteiger partial charge in [0.05, 0.1) is 24.4 Å². The summed E-state index contributed by atoms with van der Waals surface area (Å²) in [6, 6.07) is -0.969. The molecule has 3 aliphatic rings. The number of aliphatic hydroxyl groups is 3. The van der Waals surface area contributed by atoms with E-state index in [1.165, 1.54) is 0 Å². The quantitative estimate of drug-likeness (QED) is 0.410. The van der Waals surface area contributed by atoms with E-state index in [4.69, 9.17) is 19.9 Å². The van der Waals surface area contributed by atoms with Crippen LogP contribution in [-0.4, -0.2) is 76.5 Å². The molecule has 3 rings (SSSR count). The lowest BCUT2D eigenvalue weighted by molar-refractivity contribution is -0.477. The SMILES string of the molecule is CC[C@]1(O)C[C@@H](C)O[C@H]2OC3C[C@H](NC)[C@H](O)[C@H](N)[C@H]3O[C@]21O. The minimum Gasteiger partial charge on any atom is -0.390 e. The molecule has 0 spiro atoms. The molecule has 1 saturated carbocycles. The van der Waals surface area contributed by atoms with Crippen molar-refractivity contribution in [1.29, 1.82) is 0 Å². The first-order chi connectivity index (χ1) is 10.8. The van der Waals surface area contributed by atoms with Crippen LogP contribution in [0, 0.1) is 0 Å². The predicted molar refractivity (Wildman–Crippen MR) is 80.3 cm³/mol. The zero-order chi connectivity index (χ0) is 17.0. The molecular weight excluding hydrogens is 304 g/mol. The van der Waals surface area contributed by atoms with E-state index in [2.05, 4.69) is 5.32 Å². The second-order valence-electron chi connectivity index (χ2n) is 7.02. The Balaban J connectivity index is 1.90. The summed E-state index contributed by atoms with van der Waals surface area (Å²) in [6.07, 6.45) is -2.34. The van der Waals surface area contributed by atoms with Crippen LogP contribution in [0.4, 0.5) is 0 Å². The van der Waals surface area contributed by atoms with Gasteiger partial charge in [-0.3, -0.25) is 0 Å². The van der Waals surface area contributed by atoms with Crippen molar-refractivity contribution in [3.05, 3.63) is 0 Å². The van der Waals surface area contributed by atoms with Crippen LogP contribution in [0.25, 0.3) is 0 Å². The molecule has 0 aromatic carbocycles. The van der Waals surface area contributed by atoms with Crippen LogP contribution < -0.4 is 11.1 Å². The van der Waals surface area contributed by atoms with Crippen LogP contribution in [-0.2, 0) is 14.2 Å². The Kier molecular flexibility index (Phi) is 4.48. The molecule has 6 N–H and O–H groups in total. The van der Waals surface area contributed by atoms with Crippen LogP contribution in [0.2, 0.25) is 0 Å². The van der Waals surface area contributed by atoms with Crippen LogP contribution in [0.5, 0.6) is 0 Å². The molecule has 0 amide bonds. The lowest BCUT2D eigenvalue weighted by atomic mass is 9.78. The summed E-state index contributed by atoms with van der Waals surface area (Å²) >= 11 is 0. The number of nitrogens with one attached hydrogen (secondary N) is 1. The summed E-state index contributed by atoms with van der Waals surface area (Å²) < 4.78 is 17.5. The second kappa shape index (κ2) is 5.89. The number of nitrogens with two attached hydrogens (primary N) is 1. The fourth-order valence-corrected chi connectivity index (χ4v) is 4.06. The van der Waals surface area contributed by atoms with Crippen LogP contribution in [0.1, 0.15) is 33.1 Å². The first kappa shape index (κ1) is 17.5. The van der Waals surface area contributed by atoms with Crippen molar-refractivity contribution < 1.29 is 29.5 Å². The van der Waals surface area contributed by atoms with Crippen molar-refractivity contribution in [1.82, 2.24) is 5.32 Å². The molecule has 3 fully saturated rings. The highest BCUT2D eigenvalue weighted by atomic mass is 16.8. The third-order valence-electron chi connectivity index (χ3n) is 5.58. The summed E-state index contributed by atoms with van der Waals surface area (Å²) in [4.78, 5) is 0. The highest BCUT2D eigenvalue weighted by Crippen LogP contribution is 2.47. The molecule has 2 aliphatic heterocycles. The summed E-state index contributed by atoms with van der Waals surface area (Å²) in [5, 5.41) is 35.2. The van der Waals surface area contributed by atoms with Gasteiger partial charge in [-0.1, -0.05) is 6.92 Å². The topological polar surface area (TPSA) is 126 Å². The molecule has 9 atom stereocenters. The highest BCUT2D eigenvalue weighted by Gasteiger charge is 2.66. The number of fused-ring (bicyclic) bond motifs is 2. The Morgan fingerprint density at radius 1 is 1.30 bits per heavy atom. The molecule has 8 heteroatoms. The van der Waals surface area contributed by atoms with Crippen molar-refractivity contribution in [2.75, 3.05) is 7.05 Å². The van der Waals surface area contributed by atoms with E-state index in [-0.39, 0.29) is 25.0 Å². The summed E-state index contributed by atoms with van der Waals surface area (Å²) in [6.45, 7) is 3.59. The van der Waals surface area contributed by atoms with E-state index in [0.717, 1.165) is 0 Å². The van der Waals surface area contributed by atoms with Gasteiger partial charge in [-0.05, 0) is 26.8 Å². The Hall–Kier alpha value is -0.320.